The highest BCUT2D eigenvalue weighted by atomic mass is 19.1. The second kappa shape index (κ2) is 5.05. The van der Waals surface area contributed by atoms with Crippen molar-refractivity contribution in [2.75, 3.05) is 31.8 Å². The number of methoxy groups -OCH3 is 1. The Balaban J connectivity index is 2.59. The van der Waals surface area contributed by atoms with Gasteiger partial charge in [0, 0.05) is 14.1 Å². The topological polar surface area (TPSA) is 77.2 Å². The molecule has 0 bridgehead atoms. The zero-order chi connectivity index (χ0) is 14.0. The normalized spacial score (nSPS) is 10.3. The fourth-order valence-electron chi connectivity index (χ4n) is 1.54. The van der Waals surface area contributed by atoms with Crippen molar-refractivity contribution in [2.24, 2.45) is 0 Å². The van der Waals surface area contributed by atoms with Crippen LogP contribution in [-0.4, -0.2) is 36.2 Å². The molecule has 0 atom stereocenters. The van der Waals surface area contributed by atoms with Gasteiger partial charge in [0.1, 0.15) is 0 Å². The van der Waals surface area contributed by atoms with Gasteiger partial charge in [0.25, 0.3) is 0 Å². The third-order valence-electron chi connectivity index (χ3n) is 2.47. The number of hydrogen-bond donors (Lipinski definition) is 1. The highest BCUT2D eigenvalue weighted by molar-refractivity contribution is 5.61. The number of anilines is 2. The van der Waals surface area contributed by atoms with Gasteiger partial charge in [0.15, 0.2) is 17.4 Å². The SMILES string of the molecule is COc1cccc(-c2nc(N)nc(N(C)C)n2)c1F. The van der Waals surface area contributed by atoms with E-state index in [-0.39, 0.29) is 23.1 Å². The number of rotatable bonds is 3. The average Bonchev–Trinajstić information content (AvgIpc) is 2.38. The Morgan fingerprint density at radius 3 is 2.58 bits per heavy atom. The molecule has 6 nitrogen and oxygen atoms in total. The first kappa shape index (κ1) is 13.0. The minimum Gasteiger partial charge on any atom is -0.494 e. The molecule has 0 saturated heterocycles. The lowest BCUT2D eigenvalue weighted by molar-refractivity contribution is 0.387. The van der Waals surface area contributed by atoms with Gasteiger partial charge in [-0.1, -0.05) is 6.07 Å². The number of hydrogen-bond acceptors (Lipinski definition) is 6. The number of ether oxygens (including phenoxy) is 1. The monoisotopic (exact) mass is 263 g/mol. The van der Waals surface area contributed by atoms with Crippen LogP contribution in [0.5, 0.6) is 5.75 Å². The molecule has 2 aromatic rings. The lowest BCUT2D eigenvalue weighted by Gasteiger charge is -2.12. The molecule has 100 valence electrons. The highest BCUT2D eigenvalue weighted by Gasteiger charge is 2.15. The smallest absolute Gasteiger partial charge is 0.230 e. The van der Waals surface area contributed by atoms with Crippen molar-refractivity contribution >= 4 is 11.9 Å². The van der Waals surface area contributed by atoms with Gasteiger partial charge in [0.2, 0.25) is 11.9 Å². The zero-order valence-corrected chi connectivity index (χ0v) is 10.9. The number of benzene rings is 1. The maximum Gasteiger partial charge on any atom is 0.230 e. The summed E-state index contributed by atoms with van der Waals surface area (Å²) in [4.78, 5) is 13.7. The Bertz CT molecular complexity index is 603. The molecule has 0 unspecified atom stereocenters. The number of nitrogen functional groups attached to an aromatic ring is 1. The fourth-order valence-corrected chi connectivity index (χ4v) is 1.54. The van der Waals surface area contributed by atoms with E-state index in [9.17, 15) is 4.39 Å². The van der Waals surface area contributed by atoms with Crippen LogP contribution in [0.1, 0.15) is 0 Å². The van der Waals surface area contributed by atoms with Crippen molar-refractivity contribution in [3.8, 4) is 17.1 Å². The van der Waals surface area contributed by atoms with E-state index in [1.807, 2.05) is 0 Å². The van der Waals surface area contributed by atoms with Crippen molar-refractivity contribution in [3.05, 3.63) is 24.0 Å². The molecule has 0 saturated carbocycles. The molecule has 1 aromatic heterocycles. The van der Waals surface area contributed by atoms with E-state index >= 15 is 0 Å². The molecule has 0 spiro atoms. The number of nitrogens with two attached hydrogens (primary N) is 1. The van der Waals surface area contributed by atoms with Gasteiger partial charge in [-0.2, -0.15) is 15.0 Å². The fraction of sp³-hybridized carbons (Fsp3) is 0.250. The molecule has 0 amide bonds. The van der Waals surface area contributed by atoms with Gasteiger partial charge in [-0.25, -0.2) is 4.39 Å². The highest BCUT2D eigenvalue weighted by Crippen LogP contribution is 2.27. The van der Waals surface area contributed by atoms with Gasteiger partial charge in [-0.15, -0.1) is 0 Å². The van der Waals surface area contributed by atoms with Gasteiger partial charge in [0.05, 0.1) is 12.7 Å². The summed E-state index contributed by atoms with van der Waals surface area (Å²) >= 11 is 0. The molecule has 0 aliphatic carbocycles. The van der Waals surface area contributed by atoms with Gasteiger partial charge < -0.3 is 15.4 Å². The molecular weight excluding hydrogens is 249 g/mol. The standard InChI is InChI=1S/C12H14FN5O/c1-18(2)12-16-10(15-11(14)17-12)7-5-4-6-8(19-3)9(7)13/h4-6H,1-3H3,(H2,14,15,16,17). The zero-order valence-electron chi connectivity index (χ0n) is 10.9. The van der Waals surface area contributed by atoms with Gasteiger partial charge in [-0.3, -0.25) is 0 Å². The maximum atomic E-state index is 14.1. The first-order chi connectivity index (χ1) is 9.02. The summed E-state index contributed by atoms with van der Waals surface area (Å²) in [5.74, 6) is 0.177. The van der Waals surface area contributed by atoms with Crippen LogP contribution in [-0.2, 0) is 0 Å². The molecule has 1 heterocycles. The predicted octanol–water partition coefficient (Wildman–Crippen LogP) is 1.33. The first-order valence-electron chi connectivity index (χ1n) is 5.54. The number of aromatic nitrogens is 3. The Morgan fingerprint density at radius 2 is 1.95 bits per heavy atom. The van der Waals surface area contributed by atoms with Crippen molar-refractivity contribution < 1.29 is 9.13 Å². The summed E-state index contributed by atoms with van der Waals surface area (Å²) in [6.07, 6.45) is 0. The van der Waals surface area contributed by atoms with Crippen LogP contribution < -0.4 is 15.4 Å². The lowest BCUT2D eigenvalue weighted by atomic mass is 10.2. The van der Waals surface area contributed by atoms with Crippen LogP contribution in [0.2, 0.25) is 0 Å². The van der Waals surface area contributed by atoms with E-state index in [1.165, 1.54) is 13.2 Å². The molecule has 1 aromatic carbocycles. The minimum absolute atomic E-state index is 0.0379. The summed E-state index contributed by atoms with van der Waals surface area (Å²) in [6, 6.07) is 4.74. The summed E-state index contributed by atoms with van der Waals surface area (Å²) in [5, 5.41) is 0. The Morgan fingerprint density at radius 1 is 1.21 bits per heavy atom. The Hall–Kier alpha value is -2.44. The van der Waals surface area contributed by atoms with Crippen molar-refractivity contribution in [2.45, 2.75) is 0 Å². The minimum atomic E-state index is -0.527. The molecule has 0 radical (unpaired) electrons. The number of halogens is 1. The maximum absolute atomic E-state index is 14.1. The molecule has 19 heavy (non-hydrogen) atoms. The predicted molar refractivity (Wildman–Crippen MR) is 70.5 cm³/mol. The van der Waals surface area contributed by atoms with Gasteiger partial charge in [-0.05, 0) is 12.1 Å². The summed E-state index contributed by atoms with van der Waals surface area (Å²) in [6.45, 7) is 0. The third-order valence-corrected chi connectivity index (χ3v) is 2.47. The van der Waals surface area contributed by atoms with Crippen LogP contribution in [0.3, 0.4) is 0 Å². The van der Waals surface area contributed by atoms with E-state index in [2.05, 4.69) is 15.0 Å². The van der Waals surface area contributed by atoms with Crippen LogP contribution in [0.25, 0.3) is 11.4 Å². The molecule has 0 aliphatic heterocycles. The molecule has 2 N–H and O–H groups in total. The third kappa shape index (κ3) is 2.54. The molecule has 0 aliphatic rings. The second-order valence-corrected chi connectivity index (χ2v) is 4.03. The average molecular weight is 263 g/mol. The Kier molecular flexibility index (Phi) is 3.46. The molecular formula is C12H14FN5O. The molecule has 2 rings (SSSR count). The lowest BCUT2D eigenvalue weighted by Crippen LogP contribution is -2.15. The Labute approximate surface area is 110 Å². The summed E-state index contributed by atoms with van der Waals surface area (Å²) in [7, 11) is 4.93. The summed E-state index contributed by atoms with van der Waals surface area (Å²) in [5.41, 5.74) is 5.83. The number of nitrogens with zero attached hydrogens (tertiary/aromatic N) is 4. The van der Waals surface area contributed by atoms with Crippen LogP contribution >= 0.6 is 0 Å². The van der Waals surface area contributed by atoms with Crippen molar-refractivity contribution in [3.63, 3.8) is 0 Å². The summed E-state index contributed by atoms with van der Waals surface area (Å²) < 4.78 is 19.1. The van der Waals surface area contributed by atoms with Gasteiger partial charge >= 0.3 is 0 Å². The van der Waals surface area contributed by atoms with E-state index in [0.717, 1.165) is 0 Å². The van der Waals surface area contributed by atoms with E-state index < -0.39 is 5.82 Å². The van der Waals surface area contributed by atoms with E-state index in [1.54, 1.807) is 31.1 Å². The first-order valence-corrected chi connectivity index (χ1v) is 5.54. The largest absolute Gasteiger partial charge is 0.494 e. The molecule has 0 fully saturated rings. The second-order valence-electron chi connectivity index (χ2n) is 4.03. The van der Waals surface area contributed by atoms with Crippen LogP contribution in [0, 0.1) is 5.82 Å². The van der Waals surface area contributed by atoms with Crippen LogP contribution in [0.4, 0.5) is 16.3 Å². The van der Waals surface area contributed by atoms with Crippen LogP contribution in [0.15, 0.2) is 18.2 Å². The quantitative estimate of drug-likeness (QED) is 0.900. The van der Waals surface area contributed by atoms with Crippen molar-refractivity contribution in [1.29, 1.82) is 0 Å². The van der Waals surface area contributed by atoms with E-state index in [4.69, 9.17) is 10.5 Å². The van der Waals surface area contributed by atoms with Crippen molar-refractivity contribution in [1.82, 2.24) is 15.0 Å². The molecule has 7 heteroatoms. The van der Waals surface area contributed by atoms with E-state index in [0.29, 0.717) is 5.95 Å².